The molecule has 1 aromatic heterocycles. The number of unbranched alkanes of at least 4 members (excludes halogenated alkanes) is 2. The first-order chi connectivity index (χ1) is 8.79. The van der Waals surface area contributed by atoms with E-state index in [0.717, 1.165) is 24.7 Å². The van der Waals surface area contributed by atoms with Gasteiger partial charge in [0.1, 0.15) is 0 Å². The van der Waals surface area contributed by atoms with Gasteiger partial charge in [0.05, 0.1) is 13.2 Å². The summed E-state index contributed by atoms with van der Waals surface area (Å²) in [5, 5.41) is 4.09. The van der Waals surface area contributed by atoms with Crippen LogP contribution in [0.4, 0.5) is 0 Å². The molecule has 0 atom stereocenters. The fraction of sp³-hybridized carbons (Fsp3) is 0.733. The highest BCUT2D eigenvalue weighted by molar-refractivity contribution is 7.08. The molecule has 0 unspecified atom stereocenters. The Morgan fingerprint density at radius 1 is 1.00 bits per heavy atom. The van der Waals surface area contributed by atoms with E-state index in [0.29, 0.717) is 0 Å². The number of ether oxygens (including phenoxy) is 2. The first-order valence-electron chi connectivity index (χ1n) is 7.11. The zero-order valence-electron chi connectivity index (χ0n) is 11.5. The zero-order valence-corrected chi connectivity index (χ0v) is 12.4. The van der Waals surface area contributed by atoms with Gasteiger partial charge in [0.15, 0.2) is 11.5 Å². The number of thiophene rings is 1. The predicted molar refractivity (Wildman–Crippen MR) is 76.8 cm³/mol. The standard InChI is InChI=1S/C15H24O2S/c1-3-5-7-15(8-6-4-2)11-16-13-9-18-10-14(13)17-12-15/h9-10H,3-8,11-12H2,1-2H3. The molecule has 1 aliphatic heterocycles. The van der Waals surface area contributed by atoms with Gasteiger partial charge < -0.3 is 9.47 Å². The van der Waals surface area contributed by atoms with Crippen molar-refractivity contribution in [2.75, 3.05) is 13.2 Å². The van der Waals surface area contributed by atoms with Gasteiger partial charge in [0.25, 0.3) is 0 Å². The minimum Gasteiger partial charge on any atom is -0.488 e. The molecule has 0 N–H and O–H groups in total. The lowest BCUT2D eigenvalue weighted by atomic mass is 9.79. The molecule has 0 aromatic carbocycles. The van der Waals surface area contributed by atoms with Crippen molar-refractivity contribution in [3.63, 3.8) is 0 Å². The molecule has 0 saturated heterocycles. The van der Waals surface area contributed by atoms with Crippen LogP contribution in [0.1, 0.15) is 52.4 Å². The number of fused-ring (bicyclic) bond motifs is 1. The van der Waals surface area contributed by atoms with Crippen molar-refractivity contribution in [2.24, 2.45) is 5.41 Å². The van der Waals surface area contributed by atoms with E-state index in [2.05, 4.69) is 13.8 Å². The molecule has 0 fully saturated rings. The molecule has 2 rings (SSSR count). The summed E-state index contributed by atoms with van der Waals surface area (Å²) in [5.41, 5.74) is 0.225. The molecule has 2 heterocycles. The number of hydrogen-bond acceptors (Lipinski definition) is 3. The van der Waals surface area contributed by atoms with Gasteiger partial charge in [-0.3, -0.25) is 0 Å². The van der Waals surface area contributed by atoms with E-state index in [1.807, 2.05) is 10.8 Å². The second-order valence-electron chi connectivity index (χ2n) is 5.38. The molecule has 0 spiro atoms. The van der Waals surface area contributed by atoms with Crippen LogP contribution in [0, 0.1) is 5.41 Å². The number of rotatable bonds is 6. The monoisotopic (exact) mass is 268 g/mol. The zero-order chi connectivity index (χ0) is 12.8. The quantitative estimate of drug-likeness (QED) is 0.731. The van der Waals surface area contributed by atoms with Gasteiger partial charge >= 0.3 is 0 Å². The summed E-state index contributed by atoms with van der Waals surface area (Å²) in [6.45, 7) is 6.14. The Morgan fingerprint density at radius 3 is 1.94 bits per heavy atom. The summed E-state index contributed by atoms with van der Waals surface area (Å²) in [6.07, 6.45) is 7.46. The third-order valence-electron chi connectivity index (χ3n) is 3.78. The Bertz CT molecular complexity index is 327. The Hall–Kier alpha value is -0.700. The Balaban J connectivity index is 2.03. The Morgan fingerprint density at radius 2 is 1.50 bits per heavy atom. The molecule has 0 radical (unpaired) electrons. The average molecular weight is 268 g/mol. The van der Waals surface area contributed by atoms with E-state index in [9.17, 15) is 0 Å². The molecular weight excluding hydrogens is 244 g/mol. The van der Waals surface area contributed by atoms with Crippen molar-refractivity contribution in [3.8, 4) is 11.5 Å². The van der Waals surface area contributed by atoms with Crippen LogP contribution in [0.3, 0.4) is 0 Å². The largest absolute Gasteiger partial charge is 0.488 e. The Kier molecular flexibility index (Phi) is 4.93. The van der Waals surface area contributed by atoms with E-state index in [1.54, 1.807) is 11.3 Å². The van der Waals surface area contributed by atoms with Crippen LogP contribution in [0.25, 0.3) is 0 Å². The predicted octanol–water partition coefficient (Wildman–Crippen LogP) is 4.89. The molecule has 0 aliphatic carbocycles. The third kappa shape index (κ3) is 3.19. The summed E-state index contributed by atoms with van der Waals surface area (Å²) in [5.74, 6) is 1.88. The second-order valence-corrected chi connectivity index (χ2v) is 6.13. The SMILES string of the molecule is CCCCC1(CCCC)COc2cscc2OC1. The first kappa shape index (κ1) is 13.7. The van der Waals surface area contributed by atoms with E-state index >= 15 is 0 Å². The highest BCUT2D eigenvalue weighted by Crippen LogP contribution is 2.40. The highest BCUT2D eigenvalue weighted by atomic mass is 32.1. The summed E-state index contributed by atoms with van der Waals surface area (Å²) in [4.78, 5) is 0. The van der Waals surface area contributed by atoms with Gasteiger partial charge in [-0.15, -0.1) is 11.3 Å². The minimum absolute atomic E-state index is 0.225. The van der Waals surface area contributed by atoms with E-state index in [1.165, 1.54) is 38.5 Å². The summed E-state index contributed by atoms with van der Waals surface area (Å²) in [6, 6.07) is 0. The lowest BCUT2D eigenvalue weighted by Gasteiger charge is -2.31. The smallest absolute Gasteiger partial charge is 0.171 e. The Labute approximate surface area is 114 Å². The van der Waals surface area contributed by atoms with Crippen LogP contribution in [-0.4, -0.2) is 13.2 Å². The van der Waals surface area contributed by atoms with E-state index < -0.39 is 0 Å². The van der Waals surface area contributed by atoms with Crippen LogP contribution in [-0.2, 0) is 0 Å². The maximum atomic E-state index is 5.98. The molecule has 2 nitrogen and oxygen atoms in total. The van der Waals surface area contributed by atoms with Gasteiger partial charge in [-0.05, 0) is 12.8 Å². The lowest BCUT2D eigenvalue weighted by molar-refractivity contribution is 0.0794. The van der Waals surface area contributed by atoms with Crippen molar-refractivity contribution >= 4 is 11.3 Å². The molecule has 0 amide bonds. The molecule has 102 valence electrons. The summed E-state index contributed by atoms with van der Waals surface area (Å²) in [7, 11) is 0. The van der Waals surface area contributed by atoms with Crippen LogP contribution >= 0.6 is 11.3 Å². The third-order valence-corrected chi connectivity index (χ3v) is 4.48. The van der Waals surface area contributed by atoms with Crippen molar-refractivity contribution in [1.82, 2.24) is 0 Å². The number of hydrogen-bond donors (Lipinski definition) is 0. The summed E-state index contributed by atoms with van der Waals surface area (Å²) >= 11 is 1.65. The van der Waals surface area contributed by atoms with Crippen molar-refractivity contribution in [3.05, 3.63) is 10.8 Å². The fourth-order valence-electron chi connectivity index (χ4n) is 2.50. The molecule has 3 heteroatoms. The highest BCUT2D eigenvalue weighted by Gasteiger charge is 2.34. The first-order valence-corrected chi connectivity index (χ1v) is 8.06. The maximum absolute atomic E-state index is 5.98. The van der Waals surface area contributed by atoms with Crippen LogP contribution in [0.5, 0.6) is 11.5 Å². The lowest BCUT2D eigenvalue weighted by Crippen LogP contribution is -2.33. The van der Waals surface area contributed by atoms with Crippen LogP contribution < -0.4 is 9.47 Å². The van der Waals surface area contributed by atoms with Gasteiger partial charge in [-0.25, -0.2) is 0 Å². The molecule has 1 aliphatic rings. The normalized spacial score (nSPS) is 17.4. The van der Waals surface area contributed by atoms with Gasteiger partial charge in [-0.1, -0.05) is 39.5 Å². The fourth-order valence-corrected chi connectivity index (χ4v) is 3.19. The second kappa shape index (κ2) is 6.46. The molecule has 0 saturated carbocycles. The van der Waals surface area contributed by atoms with Crippen LogP contribution in [0.2, 0.25) is 0 Å². The maximum Gasteiger partial charge on any atom is 0.171 e. The molecule has 0 bridgehead atoms. The van der Waals surface area contributed by atoms with Crippen molar-refractivity contribution < 1.29 is 9.47 Å². The van der Waals surface area contributed by atoms with E-state index in [-0.39, 0.29) is 5.41 Å². The van der Waals surface area contributed by atoms with Crippen molar-refractivity contribution in [1.29, 1.82) is 0 Å². The van der Waals surface area contributed by atoms with Gasteiger partial charge in [0, 0.05) is 16.2 Å². The average Bonchev–Trinajstić information content (AvgIpc) is 2.78. The molecule has 1 aromatic rings. The van der Waals surface area contributed by atoms with Crippen LogP contribution in [0.15, 0.2) is 10.8 Å². The molecule has 18 heavy (non-hydrogen) atoms. The van der Waals surface area contributed by atoms with E-state index in [4.69, 9.17) is 9.47 Å². The molecular formula is C15H24O2S. The van der Waals surface area contributed by atoms with Gasteiger partial charge in [0.2, 0.25) is 0 Å². The van der Waals surface area contributed by atoms with Crippen molar-refractivity contribution in [2.45, 2.75) is 52.4 Å². The van der Waals surface area contributed by atoms with Gasteiger partial charge in [-0.2, -0.15) is 0 Å². The topological polar surface area (TPSA) is 18.5 Å². The summed E-state index contributed by atoms with van der Waals surface area (Å²) < 4.78 is 12.0. The minimum atomic E-state index is 0.225.